The molecule has 0 aliphatic rings. The van der Waals surface area contributed by atoms with Crippen molar-refractivity contribution in [2.75, 3.05) is 0 Å². The lowest BCUT2D eigenvalue weighted by molar-refractivity contribution is 0.477. The van der Waals surface area contributed by atoms with Crippen molar-refractivity contribution in [2.45, 2.75) is 19.9 Å². The summed E-state index contributed by atoms with van der Waals surface area (Å²) in [6, 6.07) is 10.1. The van der Waals surface area contributed by atoms with Gasteiger partial charge in [-0.15, -0.1) is 0 Å². The molecule has 1 aromatic carbocycles. The van der Waals surface area contributed by atoms with E-state index in [0.717, 1.165) is 11.5 Å². The van der Waals surface area contributed by atoms with Crippen LogP contribution in [0.1, 0.15) is 19.9 Å². The van der Waals surface area contributed by atoms with Gasteiger partial charge in [0.2, 0.25) is 0 Å². The normalized spacial score (nSPS) is 10.6. The molecule has 0 bridgehead atoms. The van der Waals surface area contributed by atoms with Crippen LogP contribution in [0.3, 0.4) is 0 Å². The molecular weight excluding hydrogens is 188 g/mol. The first-order chi connectivity index (χ1) is 7.25. The number of benzene rings is 1. The number of rotatable bonds is 3. The third-order valence-corrected chi connectivity index (χ3v) is 2.09. The molecule has 0 fully saturated rings. The topological polar surface area (TPSA) is 27.1 Å². The van der Waals surface area contributed by atoms with Gasteiger partial charge in [0.1, 0.15) is 5.75 Å². The minimum absolute atomic E-state index is 0.359. The molecular formula is C12H14N2O. The number of para-hydroxylation sites is 1. The summed E-state index contributed by atoms with van der Waals surface area (Å²) < 4.78 is 7.50. The van der Waals surface area contributed by atoms with Crippen molar-refractivity contribution in [3.63, 3.8) is 0 Å². The zero-order chi connectivity index (χ0) is 10.7. The lowest BCUT2D eigenvalue weighted by Gasteiger charge is -2.03. The first-order valence-electron chi connectivity index (χ1n) is 5.03. The summed E-state index contributed by atoms with van der Waals surface area (Å²) in [5, 5.41) is 4.20. The van der Waals surface area contributed by atoms with Gasteiger partial charge in [0.05, 0.1) is 12.4 Å². The third kappa shape index (κ3) is 2.37. The number of ether oxygens (including phenoxy) is 1. The Kier molecular flexibility index (Phi) is 2.72. The fourth-order valence-electron chi connectivity index (χ4n) is 1.28. The second-order valence-electron chi connectivity index (χ2n) is 3.66. The van der Waals surface area contributed by atoms with E-state index in [-0.39, 0.29) is 0 Å². The van der Waals surface area contributed by atoms with Gasteiger partial charge in [0.15, 0.2) is 5.75 Å². The Morgan fingerprint density at radius 1 is 1.13 bits per heavy atom. The zero-order valence-electron chi connectivity index (χ0n) is 8.92. The van der Waals surface area contributed by atoms with Crippen LogP contribution >= 0.6 is 0 Å². The predicted molar refractivity (Wildman–Crippen MR) is 59.1 cm³/mol. The average Bonchev–Trinajstić information content (AvgIpc) is 2.68. The summed E-state index contributed by atoms with van der Waals surface area (Å²) in [6.07, 6.45) is 3.63. The van der Waals surface area contributed by atoms with Gasteiger partial charge in [-0.2, -0.15) is 5.10 Å². The van der Waals surface area contributed by atoms with E-state index in [0.29, 0.717) is 6.04 Å². The molecule has 1 heterocycles. The maximum absolute atomic E-state index is 5.63. The van der Waals surface area contributed by atoms with E-state index >= 15 is 0 Å². The van der Waals surface area contributed by atoms with Crippen molar-refractivity contribution < 1.29 is 4.74 Å². The lowest BCUT2D eigenvalue weighted by atomic mass is 10.3. The maximum atomic E-state index is 5.63. The minimum atomic E-state index is 0.359. The summed E-state index contributed by atoms with van der Waals surface area (Å²) in [5.41, 5.74) is 0. The van der Waals surface area contributed by atoms with Gasteiger partial charge in [-0.3, -0.25) is 4.68 Å². The van der Waals surface area contributed by atoms with Crippen LogP contribution in [-0.2, 0) is 0 Å². The Morgan fingerprint density at radius 2 is 1.87 bits per heavy atom. The smallest absolute Gasteiger partial charge is 0.165 e. The molecule has 3 nitrogen and oxygen atoms in total. The molecule has 2 aromatic rings. The van der Waals surface area contributed by atoms with Crippen LogP contribution in [0.25, 0.3) is 0 Å². The Labute approximate surface area is 89.3 Å². The number of nitrogens with zero attached hydrogens (tertiary/aromatic N) is 2. The minimum Gasteiger partial charge on any atom is -0.454 e. The summed E-state index contributed by atoms with van der Waals surface area (Å²) in [4.78, 5) is 0. The number of hydrogen-bond donors (Lipinski definition) is 0. The van der Waals surface area contributed by atoms with Crippen molar-refractivity contribution >= 4 is 0 Å². The second-order valence-corrected chi connectivity index (χ2v) is 3.66. The van der Waals surface area contributed by atoms with Crippen molar-refractivity contribution in [1.82, 2.24) is 9.78 Å². The van der Waals surface area contributed by atoms with Gasteiger partial charge in [-0.05, 0) is 26.0 Å². The molecule has 0 radical (unpaired) electrons. The van der Waals surface area contributed by atoms with E-state index in [9.17, 15) is 0 Å². The molecule has 1 aromatic heterocycles. The summed E-state index contributed by atoms with van der Waals surface area (Å²) in [5.74, 6) is 1.61. The van der Waals surface area contributed by atoms with E-state index in [4.69, 9.17) is 4.74 Å². The Morgan fingerprint density at radius 3 is 2.47 bits per heavy atom. The molecule has 0 aliphatic carbocycles. The van der Waals surface area contributed by atoms with Crippen LogP contribution in [0, 0.1) is 0 Å². The highest BCUT2D eigenvalue weighted by atomic mass is 16.5. The summed E-state index contributed by atoms with van der Waals surface area (Å²) in [7, 11) is 0. The molecule has 0 atom stereocenters. The molecule has 2 rings (SSSR count). The zero-order valence-corrected chi connectivity index (χ0v) is 8.92. The fraction of sp³-hybridized carbons (Fsp3) is 0.250. The van der Waals surface area contributed by atoms with Crippen LogP contribution in [0.5, 0.6) is 11.5 Å². The molecule has 0 unspecified atom stereocenters. The van der Waals surface area contributed by atoms with Crippen LogP contribution < -0.4 is 4.74 Å². The molecule has 78 valence electrons. The largest absolute Gasteiger partial charge is 0.454 e. The Bertz CT molecular complexity index is 420. The van der Waals surface area contributed by atoms with Crippen LogP contribution in [0.15, 0.2) is 42.7 Å². The van der Waals surface area contributed by atoms with Gasteiger partial charge < -0.3 is 4.74 Å². The molecule has 0 aliphatic heterocycles. The molecule has 3 heteroatoms. The summed E-state index contributed by atoms with van der Waals surface area (Å²) >= 11 is 0. The molecule has 0 spiro atoms. The fourth-order valence-corrected chi connectivity index (χ4v) is 1.28. The Hall–Kier alpha value is -1.77. The van der Waals surface area contributed by atoms with Crippen molar-refractivity contribution in [2.24, 2.45) is 0 Å². The first kappa shape index (κ1) is 9.77. The van der Waals surface area contributed by atoms with E-state index < -0.39 is 0 Å². The van der Waals surface area contributed by atoms with E-state index in [1.807, 2.05) is 41.2 Å². The van der Waals surface area contributed by atoms with Crippen molar-refractivity contribution in [3.05, 3.63) is 42.7 Å². The first-order valence-corrected chi connectivity index (χ1v) is 5.03. The van der Waals surface area contributed by atoms with Gasteiger partial charge in [0.25, 0.3) is 0 Å². The number of aromatic nitrogens is 2. The van der Waals surface area contributed by atoms with E-state index in [1.165, 1.54) is 0 Å². The standard InChI is InChI=1S/C12H14N2O/c1-10(2)14-9-12(8-13-14)15-11-6-4-3-5-7-11/h3-10H,1-2H3. The molecule has 0 N–H and O–H groups in total. The lowest BCUT2D eigenvalue weighted by Crippen LogP contribution is -1.99. The van der Waals surface area contributed by atoms with Gasteiger partial charge in [-0.25, -0.2) is 0 Å². The van der Waals surface area contributed by atoms with Crippen LogP contribution in [0.4, 0.5) is 0 Å². The van der Waals surface area contributed by atoms with Gasteiger partial charge in [-0.1, -0.05) is 18.2 Å². The van der Waals surface area contributed by atoms with E-state index in [2.05, 4.69) is 18.9 Å². The van der Waals surface area contributed by atoms with E-state index in [1.54, 1.807) is 6.20 Å². The highest BCUT2D eigenvalue weighted by Gasteiger charge is 2.02. The molecule has 0 saturated heterocycles. The summed E-state index contributed by atoms with van der Waals surface area (Å²) in [6.45, 7) is 4.17. The Balaban J connectivity index is 2.12. The molecule has 0 saturated carbocycles. The van der Waals surface area contributed by atoms with Crippen LogP contribution in [-0.4, -0.2) is 9.78 Å². The molecule has 15 heavy (non-hydrogen) atoms. The van der Waals surface area contributed by atoms with Crippen molar-refractivity contribution in [1.29, 1.82) is 0 Å². The SMILES string of the molecule is CC(C)n1cc(Oc2ccccc2)cn1. The highest BCUT2D eigenvalue weighted by Crippen LogP contribution is 2.20. The number of hydrogen-bond acceptors (Lipinski definition) is 2. The third-order valence-electron chi connectivity index (χ3n) is 2.09. The highest BCUT2D eigenvalue weighted by molar-refractivity contribution is 5.27. The van der Waals surface area contributed by atoms with Crippen molar-refractivity contribution in [3.8, 4) is 11.5 Å². The monoisotopic (exact) mass is 202 g/mol. The quantitative estimate of drug-likeness (QED) is 0.763. The predicted octanol–water partition coefficient (Wildman–Crippen LogP) is 3.26. The van der Waals surface area contributed by atoms with Gasteiger partial charge in [0, 0.05) is 6.04 Å². The average molecular weight is 202 g/mol. The van der Waals surface area contributed by atoms with Gasteiger partial charge >= 0.3 is 0 Å². The maximum Gasteiger partial charge on any atom is 0.165 e. The van der Waals surface area contributed by atoms with Crippen LogP contribution in [0.2, 0.25) is 0 Å². The molecule has 0 amide bonds. The second kappa shape index (κ2) is 4.17.